The van der Waals surface area contributed by atoms with Crippen molar-refractivity contribution in [2.75, 3.05) is 26.8 Å². The Hall–Kier alpha value is -2.57. The standard InChI is InChI=1S/C23H32N4O3/c1-29-20-9-5-6-10-21(20)30-15-22(28)26-13-11-23(12-14-26,16-27-18-24-17-25-27)19-7-3-2-4-8-19/h5-6,9-10,17-19H,2-4,7-8,11-16H2,1H3. The van der Waals surface area contributed by atoms with Crippen molar-refractivity contribution in [1.29, 1.82) is 0 Å². The predicted molar refractivity (Wildman–Crippen MR) is 113 cm³/mol. The molecule has 0 bridgehead atoms. The Labute approximate surface area is 178 Å². The van der Waals surface area contributed by atoms with Crippen LogP contribution in [0.2, 0.25) is 0 Å². The van der Waals surface area contributed by atoms with Crippen LogP contribution in [0.15, 0.2) is 36.9 Å². The third-order valence-corrected chi connectivity index (χ3v) is 6.95. The third-order valence-electron chi connectivity index (χ3n) is 6.95. The molecule has 0 atom stereocenters. The first-order chi connectivity index (χ1) is 14.7. The summed E-state index contributed by atoms with van der Waals surface area (Å²) in [6.45, 7) is 2.50. The van der Waals surface area contributed by atoms with Crippen molar-refractivity contribution in [2.45, 2.75) is 51.5 Å². The van der Waals surface area contributed by atoms with Crippen molar-refractivity contribution in [1.82, 2.24) is 19.7 Å². The molecule has 1 amide bonds. The number of carbonyl (C=O) groups is 1. The lowest BCUT2D eigenvalue weighted by molar-refractivity contribution is -0.137. The van der Waals surface area contributed by atoms with Crippen molar-refractivity contribution >= 4 is 5.91 Å². The van der Waals surface area contributed by atoms with Gasteiger partial charge in [-0.1, -0.05) is 31.4 Å². The Balaban J connectivity index is 1.37. The van der Waals surface area contributed by atoms with Crippen LogP contribution < -0.4 is 9.47 Å². The first-order valence-corrected chi connectivity index (χ1v) is 11.1. The number of carbonyl (C=O) groups excluding carboxylic acids is 1. The summed E-state index contributed by atoms with van der Waals surface area (Å²) in [4.78, 5) is 18.9. The monoisotopic (exact) mass is 412 g/mol. The van der Waals surface area contributed by atoms with Gasteiger partial charge >= 0.3 is 0 Å². The number of benzene rings is 1. The van der Waals surface area contributed by atoms with Gasteiger partial charge in [-0.2, -0.15) is 5.10 Å². The first kappa shape index (κ1) is 20.7. The summed E-state index contributed by atoms with van der Waals surface area (Å²) in [6, 6.07) is 7.43. The van der Waals surface area contributed by atoms with Crippen molar-refractivity contribution in [3.05, 3.63) is 36.9 Å². The van der Waals surface area contributed by atoms with Crippen LogP contribution >= 0.6 is 0 Å². The summed E-state index contributed by atoms with van der Waals surface area (Å²) in [6.07, 6.45) is 12.0. The van der Waals surface area contributed by atoms with Gasteiger partial charge in [0.2, 0.25) is 0 Å². The van der Waals surface area contributed by atoms with Crippen LogP contribution in [-0.4, -0.2) is 52.4 Å². The van der Waals surface area contributed by atoms with Crippen LogP contribution in [0.5, 0.6) is 11.5 Å². The molecule has 1 saturated heterocycles. The Kier molecular flexibility index (Phi) is 6.55. The fraction of sp³-hybridized carbons (Fsp3) is 0.609. The molecule has 1 saturated carbocycles. The summed E-state index contributed by atoms with van der Waals surface area (Å²) in [7, 11) is 1.61. The molecule has 162 valence electrons. The number of ether oxygens (including phenoxy) is 2. The molecule has 0 N–H and O–H groups in total. The lowest BCUT2D eigenvalue weighted by Crippen LogP contribution is -2.49. The average Bonchev–Trinajstić information content (AvgIpc) is 3.31. The second-order valence-electron chi connectivity index (χ2n) is 8.61. The smallest absolute Gasteiger partial charge is 0.260 e. The summed E-state index contributed by atoms with van der Waals surface area (Å²) in [5.74, 6) is 2.00. The molecule has 0 unspecified atom stereocenters. The van der Waals surface area contributed by atoms with Gasteiger partial charge in [0.05, 0.1) is 7.11 Å². The normalized spacial score (nSPS) is 19.4. The van der Waals surface area contributed by atoms with E-state index in [0.717, 1.165) is 32.5 Å². The molecule has 30 heavy (non-hydrogen) atoms. The Bertz CT molecular complexity index is 810. The highest BCUT2D eigenvalue weighted by molar-refractivity contribution is 5.78. The topological polar surface area (TPSA) is 69.5 Å². The Morgan fingerprint density at radius 1 is 1.13 bits per heavy atom. The lowest BCUT2D eigenvalue weighted by Gasteiger charge is -2.48. The molecule has 0 spiro atoms. The van der Waals surface area contributed by atoms with Gasteiger partial charge in [-0.15, -0.1) is 0 Å². The highest BCUT2D eigenvalue weighted by Crippen LogP contribution is 2.47. The lowest BCUT2D eigenvalue weighted by atomic mass is 9.63. The van der Waals surface area contributed by atoms with Crippen LogP contribution in [0.4, 0.5) is 0 Å². The van der Waals surface area contributed by atoms with Gasteiger partial charge in [0, 0.05) is 19.6 Å². The minimum atomic E-state index is 0.0407. The SMILES string of the molecule is COc1ccccc1OCC(=O)N1CCC(Cn2cncn2)(C2CCCCC2)CC1. The minimum absolute atomic E-state index is 0.0407. The van der Waals surface area contributed by atoms with E-state index in [1.165, 1.54) is 32.1 Å². The molecule has 4 rings (SSSR count). The molecule has 1 aliphatic carbocycles. The maximum absolute atomic E-state index is 12.8. The number of piperidine rings is 1. The van der Waals surface area contributed by atoms with Crippen LogP contribution in [0.1, 0.15) is 44.9 Å². The van der Waals surface area contributed by atoms with E-state index in [0.29, 0.717) is 17.4 Å². The van der Waals surface area contributed by atoms with Gasteiger partial charge in [0.15, 0.2) is 18.1 Å². The molecule has 1 aromatic carbocycles. The van der Waals surface area contributed by atoms with Gasteiger partial charge in [0.1, 0.15) is 12.7 Å². The zero-order chi connectivity index (χ0) is 20.8. The number of hydrogen-bond donors (Lipinski definition) is 0. The van der Waals surface area contributed by atoms with Crippen LogP contribution in [0.25, 0.3) is 0 Å². The van der Waals surface area contributed by atoms with E-state index < -0.39 is 0 Å². The van der Waals surface area contributed by atoms with Gasteiger partial charge in [-0.25, -0.2) is 4.98 Å². The molecule has 1 aromatic heterocycles. The maximum Gasteiger partial charge on any atom is 0.260 e. The molecule has 1 aliphatic heterocycles. The molecule has 7 nitrogen and oxygen atoms in total. The number of likely N-dealkylation sites (tertiary alicyclic amines) is 1. The van der Waals surface area contributed by atoms with E-state index in [2.05, 4.69) is 10.1 Å². The zero-order valence-electron chi connectivity index (χ0n) is 17.8. The van der Waals surface area contributed by atoms with E-state index in [1.54, 1.807) is 13.4 Å². The number of rotatable bonds is 7. The van der Waals surface area contributed by atoms with Crippen LogP contribution in [0, 0.1) is 11.3 Å². The Morgan fingerprint density at radius 2 is 1.87 bits per heavy atom. The van der Waals surface area contributed by atoms with Gasteiger partial charge in [0.25, 0.3) is 5.91 Å². The average molecular weight is 413 g/mol. The predicted octanol–water partition coefficient (Wildman–Crippen LogP) is 3.55. The van der Waals surface area contributed by atoms with E-state index in [4.69, 9.17) is 9.47 Å². The van der Waals surface area contributed by atoms with Crippen molar-refractivity contribution in [3.63, 3.8) is 0 Å². The number of aromatic nitrogens is 3. The molecule has 2 aromatic rings. The van der Waals surface area contributed by atoms with Gasteiger partial charge < -0.3 is 14.4 Å². The van der Waals surface area contributed by atoms with E-state index in [-0.39, 0.29) is 17.9 Å². The zero-order valence-corrected chi connectivity index (χ0v) is 17.8. The van der Waals surface area contributed by atoms with Gasteiger partial charge in [-0.3, -0.25) is 9.48 Å². The van der Waals surface area contributed by atoms with E-state index >= 15 is 0 Å². The fourth-order valence-electron chi connectivity index (χ4n) is 5.22. The fourth-order valence-corrected chi connectivity index (χ4v) is 5.22. The third kappa shape index (κ3) is 4.60. The summed E-state index contributed by atoms with van der Waals surface area (Å²) >= 11 is 0. The largest absolute Gasteiger partial charge is 0.493 e. The van der Waals surface area contributed by atoms with Gasteiger partial charge in [-0.05, 0) is 49.1 Å². The number of nitrogens with zero attached hydrogens (tertiary/aromatic N) is 4. The molecule has 2 fully saturated rings. The van der Waals surface area contributed by atoms with Crippen LogP contribution in [-0.2, 0) is 11.3 Å². The highest BCUT2D eigenvalue weighted by atomic mass is 16.5. The van der Waals surface area contributed by atoms with E-state index in [9.17, 15) is 4.79 Å². The van der Waals surface area contributed by atoms with Crippen molar-refractivity contribution < 1.29 is 14.3 Å². The van der Waals surface area contributed by atoms with Crippen molar-refractivity contribution in [2.24, 2.45) is 11.3 Å². The first-order valence-electron chi connectivity index (χ1n) is 11.1. The number of methoxy groups -OCH3 is 1. The summed E-state index contributed by atoms with van der Waals surface area (Å²) < 4.78 is 13.0. The molecule has 2 aliphatic rings. The van der Waals surface area contributed by atoms with E-state index in [1.807, 2.05) is 40.2 Å². The Morgan fingerprint density at radius 3 is 2.53 bits per heavy atom. The quantitative estimate of drug-likeness (QED) is 0.696. The number of amides is 1. The molecule has 0 radical (unpaired) electrons. The second kappa shape index (κ2) is 9.49. The summed E-state index contributed by atoms with van der Waals surface area (Å²) in [5, 5.41) is 4.38. The number of para-hydroxylation sites is 2. The molecule has 7 heteroatoms. The second-order valence-corrected chi connectivity index (χ2v) is 8.61. The molecule has 2 heterocycles. The van der Waals surface area contributed by atoms with Crippen LogP contribution in [0.3, 0.4) is 0 Å². The molecular weight excluding hydrogens is 380 g/mol. The number of hydrogen-bond acceptors (Lipinski definition) is 5. The minimum Gasteiger partial charge on any atom is -0.493 e. The highest BCUT2D eigenvalue weighted by Gasteiger charge is 2.43. The molecular formula is C23H32N4O3. The van der Waals surface area contributed by atoms with Crippen molar-refractivity contribution in [3.8, 4) is 11.5 Å². The summed E-state index contributed by atoms with van der Waals surface area (Å²) in [5.41, 5.74) is 0.203. The maximum atomic E-state index is 12.8.